The maximum atomic E-state index is 11.6. The molecule has 0 aromatic heterocycles. The second-order valence-electron chi connectivity index (χ2n) is 5.06. The van der Waals surface area contributed by atoms with Crippen molar-refractivity contribution < 1.29 is 9.53 Å². The number of Topliss-reactive ketones (excluding diaryl/α,β-unsaturated/α-hetero) is 1. The van der Waals surface area contributed by atoms with Crippen molar-refractivity contribution >= 4 is 5.78 Å². The SMILES string of the molecule is COc1ccccc1CN(C)CC1CCCC1=O. The van der Waals surface area contributed by atoms with E-state index in [0.29, 0.717) is 5.78 Å². The summed E-state index contributed by atoms with van der Waals surface area (Å²) in [7, 11) is 3.76. The molecule has 1 atom stereocenters. The molecule has 1 unspecified atom stereocenters. The Bertz CT molecular complexity index is 417. The van der Waals surface area contributed by atoms with Crippen molar-refractivity contribution in [2.45, 2.75) is 25.8 Å². The number of hydrogen-bond acceptors (Lipinski definition) is 3. The number of methoxy groups -OCH3 is 1. The minimum Gasteiger partial charge on any atom is -0.496 e. The molecule has 1 fully saturated rings. The number of rotatable bonds is 5. The molecule has 0 bridgehead atoms. The van der Waals surface area contributed by atoms with Gasteiger partial charge in [-0.25, -0.2) is 0 Å². The molecule has 0 amide bonds. The lowest BCUT2D eigenvalue weighted by molar-refractivity contribution is -0.121. The largest absolute Gasteiger partial charge is 0.496 e. The van der Waals surface area contributed by atoms with Crippen LogP contribution in [-0.2, 0) is 11.3 Å². The molecule has 0 aliphatic heterocycles. The number of ether oxygens (including phenoxy) is 1. The summed E-state index contributed by atoms with van der Waals surface area (Å²) in [4.78, 5) is 13.8. The van der Waals surface area contributed by atoms with Crippen molar-refractivity contribution in [3.05, 3.63) is 29.8 Å². The fraction of sp³-hybridized carbons (Fsp3) is 0.533. The molecule has 1 aliphatic rings. The Balaban J connectivity index is 1.94. The molecule has 0 radical (unpaired) electrons. The zero-order chi connectivity index (χ0) is 13.0. The van der Waals surface area contributed by atoms with E-state index in [1.165, 1.54) is 5.56 Å². The van der Waals surface area contributed by atoms with E-state index >= 15 is 0 Å². The van der Waals surface area contributed by atoms with Crippen LogP contribution in [0.2, 0.25) is 0 Å². The summed E-state index contributed by atoms with van der Waals surface area (Å²) in [5, 5.41) is 0. The van der Waals surface area contributed by atoms with Crippen molar-refractivity contribution in [3.63, 3.8) is 0 Å². The van der Waals surface area contributed by atoms with Crippen LogP contribution in [0.15, 0.2) is 24.3 Å². The van der Waals surface area contributed by atoms with Crippen molar-refractivity contribution in [2.75, 3.05) is 20.7 Å². The molecule has 0 spiro atoms. The van der Waals surface area contributed by atoms with E-state index in [9.17, 15) is 4.79 Å². The summed E-state index contributed by atoms with van der Waals surface area (Å²) in [6, 6.07) is 8.05. The van der Waals surface area contributed by atoms with Crippen LogP contribution in [0.25, 0.3) is 0 Å². The maximum Gasteiger partial charge on any atom is 0.137 e. The highest BCUT2D eigenvalue weighted by molar-refractivity contribution is 5.83. The zero-order valence-electron chi connectivity index (χ0n) is 11.2. The molecule has 98 valence electrons. The monoisotopic (exact) mass is 247 g/mol. The molecule has 1 aromatic rings. The van der Waals surface area contributed by atoms with Crippen LogP contribution >= 0.6 is 0 Å². The number of nitrogens with zero attached hydrogens (tertiary/aromatic N) is 1. The van der Waals surface area contributed by atoms with E-state index in [1.54, 1.807) is 7.11 Å². The molecule has 3 nitrogen and oxygen atoms in total. The molecule has 1 aliphatic carbocycles. The fourth-order valence-electron chi connectivity index (χ4n) is 2.65. The Morgan fingerprint density at radius 1 is 1.39 bits per heavy atom. The van der Waals surface area contributed by atoms with E-state index in [4.69, 9.17) is 4.74 Å². The summed E-state index contributed by atoms with van der Waals surface area (Å²) >= 11 is 0. The first-order valence-corrected chi connectivity index (χ1v) is 6.54. The normalized spacial score (nSPS) is 19.5. The minimum atomic E-state index is 0.240. The van der Waals surface area contributed by atoms with Gasteiger partial charge in [0.15, 0.2) is 0 Å². The predicted octanol–water partition coefficient (Wildman–Crippen LogP) is 2.50. The maximum absolute atomic E-state index is 11.6. The molecule has 2 rings (SSSR count). The molecule has 1 saturated carbocycles. The van der Waals surface area contributed by atoms with Gasteiger partial charge in [0.25, 0.3) is 0 Å². The van der Waals surface area contributed by atoms with Crippen LogP contribution in [0.3, 0.4) is 0 Å². The van der Waals surface area contributed by atoms with E-state index in [1.807, 2.05) is 18.2 Å². The number of hydrogen-bond donors (Lipinski definition) is 0. The number of carbonyl (C=O) groups excluding carboxylic acids is 1. The molecule has 18 heavy (non-hydrogen) atoms. The lowest BCUT2D eigenvalue weighted by Gasteiger charge is -2.21. The third kappa shape index (κ3) is 3.10. The Morgan fingerprint density at radius 2 is 2.17 bits per heavy atom. The number of benzene rings is 1. The predicted molar refractivity (Wildman–Crippen MR) is 71.7 cm³/mol. The van der Waals surface area contributed by atoms with Crippen LogP contribution in [0.4, 0.5) is 0 Å². The number of ketones is 1. The van der Waals surface area contributed by atoms with Crippen LogP contribution in [0.1, 0.15) is 24.8 Å². The number of para-hydroxylation sites is 1. The molecule has 0 N–H and O–H groups in total. The van der Waals surface area contributed by atoms with Crippen molar-refractivity contribution in [1.82, 2.24) is 4.90 Å². The highest BCUT2D eigenvalue weighted by atomic mass is 16.5. The Hall–Kier alpha value is -1.35. The minimum absolute atomic E-state index is 0.240. The lowest BCUT2D eigenvalue weighted by Crippen LogP contribution is -2.27. The van der Waals surface area contributed by atoms with Crippen LogP contribution in [0.5, 0.6) is 5.75 Å². The summed E-state index contributed by atoms with van der Waals surface area (Å²) in [5.74, 6) is 1.59. The highest BCUT2D eigenvalue weighted by Crippen LogP contribution is 2.24. The van der Waals surface area contributed by atoms with Gasteiger partial charge in [-0.1, -0.05) is 18.2 Å². The van der Waals surface area contributed by atoms with Crippen LogP contribution < -0.4 is 4.74 Å². The third-order valence-corrected chi connectivity index (χ3v) is 3.60. The van der Waals surface area contributed by atoms with Gasteiger partial charge < -0.3 is 9.64 Å². The topological polar surface area (TPSA) is 29.5 Å². The highest BCUT2D eigenvalue weighted by Gasteiger charge is 2.25. The molecular weight excluding hydrogens is 226 g/mol. The van der Waals surface area contributed by atoms with Crippen LogP contribution in [0, 0.1) is 5.92 Å². The average molecular weight is 247 g/mol. The van der Waals surface area contributed by atoms with E-state index in [-0.39, 0.29) is 5.92 Å². The smallest absolute Gasteiger partial charge is 0.137 e. The third-order valence-electron chi connectivity index (χ3n) is 3.60. The van der Waals surface area contributed by atoms with Gasteiger partial charge in [-0.05, 0) is 26.0 Å². The van der Waals surface area contributed by atoms with Gasteiger partial charge in [0, 0.05) is 31.0 Å². The van der Waals surface area contributed by atoms with E-state index in [0.717, 1.165) is 38.1 Å². The summed E-state index contributed by atoms with van der Waals surface area (Å²) in [6.07, 6.45) is 2.88. The fourth-order valence-corrected chi connectivity index (χ4v) is 2.65. The van der Waals surface area contributed by atoms with Gasteiger partial charge in [0.2, 0.25) is 0 Å². The van der Waals surface area contributed by atoms with Crippen molar-refractivity contribution in [1.29, 1.82) is 0 Å². The van der Waals surface area contributed by atoms with Gasteiger partial charge >= 0.3 is 0 Å². The summed E-state index contributed by atoms with van der Waals surface area (Å²) < 4.78 is 5.34. The van der Waals surface area contributed by atoms with Gasteiger partial charge in [-0.2, -0.15) is 0 Å². The average Bonchev–Trinajstić information content (AvgIpc) is 2.75. The van der Waals surface area contributed by atoms with Gasteiger partial charge in [-0.3, -0.25) is 4.79 Å². The lowest BCUT2D eigenvalue weighted by atomic mass is 10.1. The van der Waals surface area contributed by atoms with E-state index in [2.05, 4.69) is 18.0 Å². The quantitative estimate of drug-likeness (QED) is 0.800. The first-order chi connectivity index (χ1) is 8.70. The van der Waals surface area contributed by atoms with Gasteiger partial charge in [-0.15, -0.1) is 0 Å². The van der Waals surface area contributed by atoms with Crippen LogP contribution in [-0.4, -0.2) is 31.4 Å². The Morgan fingerprint density at radius 3 is 2.83 bits per heavy atom. The summed E-state index contributed by atoms with van der Waals surface area (Å²) in [6.45, 7) is 1.69. The Labute approximate surface area is 109 Å². The standard InChI is InChI=1S/C15H21NO2/c1-16(10-12-7-5-8-14(12)17)11-13-6-3-4-9-15(13)18-2/h3-4,6,9,12H,5,7-8,10-11H2,1-2H3. The molecule has 0 saturated heterocycles. The zero-order valence-corrected chi connectivity index (χ0v) is 11.2. The second-order valence-corrected chi connectivity index (χ2v) is 5.06. The first kappa shape index (κ1) is 13.1. The molecule has 0 heterocycles. The molecule has 1 aromatic carbocycles. The van der Waals surface area contributed by atoms with Gasteiger partial charge in [0.1, 0.15) is 11.5 Å². The first-order valence-electron chi connectivity index (χ1n) is 6.54. The van der Waals surface area contributed by atoms with Crippen molar-refractivity contribution in [3.8, 4) is 5.75 Å². The molecule has 3 heteroatoms. The number of carbonyl (C=O) groups is 1. The second kappa shape index (κ2) is 6.01. The van der Waals surface area contributed by atoms with E-state index < -0.39 is 0 Å². The van der Waals surface area contributed by atoms with Crippen molar-refractivity contribution in [2.24, 2.45) is 5.92 Å². The molecular formula is C15H21NO2. The van der Waals surface area contributed by atoms with Gasteiger partial charge in [0.05, 0.1) is 7.11 Å². The summed E-state index contributed by atoms with van der Waals surface area (Å²) in [5.41, 5.74) is 1.17. The Kier molecular flexibility index (Phi) is 4.37.